The molecule has 5 N–H and O–H groups in total. The van der Waals surface area contributed by atoms with E-state index in [0.717, 1.165) is 40.6 Å². The van der Waals surface area contributed by atoms with Gasteiger partial charge in [-0.1, -0.05) is 0 Å². The van der Waals surface area contributed by atoms with Crippen LogP contribution in [0.3, 0.4) is 0 Å². The Balaban J connectivity index is 1.02. The monoisotopic (exact) mass is 581 g/mol. The molecule has 0 bridgehead atoms. The Morgan fingerprint density at radius 1 is 0.833 bits per heavy atom. The third-order valence-electron chi connectivity index (χ3n) is 6.24. The Bertz CT molecular complexity index is 1540. The molecule has 0 amide bonds. The Morgan fingerprint density at radius 2 is 1.76 bits per heavy atom. The zero-order valence-electron chi connectivity index (χ0n) is 22.5. The minimum atomic E-state index is -4.78. The highest BCUT2D eigenvalue weighted by Crippen LogP contribution is 2.30. The lowest BCUT2D eigenvalue weighted by Crippen LogP contribution is -2.18. The number of ether oxygens (including phenoxy) is 2. The molecule has 3 aromatic heterocycles. The summed E-state index contributed by atoms with van der Waals surface area (Å²) in [6.07, 6.45) is 3.62. The van der Waals surface area contributed by atoms with E-state index < -0.39 is 6.36 Å². The fourth-order valence-corrected chi connectivity index (χ4v) is 4.38. The number of unbranched alkanes of at least 4 members (excludes halogenated alkanes) is 1. The van der Waals surface area contributed by atoms with Crippen molar-refractivity contribution in [3.8, 4) is 16.9 Å². The number of H-pyrrole nitrogens is 2. The average Bonchev–Trinajstić information content (AvgIpc) is 3.66. The first-order chi connectivity index (χ1) is 20.4. The topological polar surface area (TPSA) is 138 Å². The van der Waals surface area contributed by atoms with Gasteiger partial charge in [0, 0.05) is 54.2 Å². The van der Waals surface area contributed by atoms with E-state index in [2.05, 4.69) is 57.3 Å². The number of alkyl halides is 3. The van der Waals surface area contributed by atoms with E-state index in [9.17, 15) is 13.2 Å². The molecule has 0 atom stereocenters. The molecule has 220 valence electrons. The molecule has 0 spiro atoms. The van der Waals surface area contributed by atoms with E-state index in [-0.39, 0.29) is 5.75 Å². The maximum absolute atomic E-state index is 12.8. The van der Waals surface area contributed by atoms with Gasteiger partial charge in [-0.15, -0.1) is 13.2 Å². The molecular formula is C28H30F3N9O2. The van der Waals surface area contributed by atoms with Crippen molar-refractivity contribution in [3.63, 3.8) is 0 Å². The summed E-state index contributed by atoms with van der Waals surface area (Å²) in [4.78, 5) is 0. The number of hydrogen-bond acceptors (Lipinski definition) is 9. The van der Waals surface area contributed by atoms with Crippen LogP contribution in [-0.4, -0.2) is 63.3 Å². The number of hydrogen-bond donors (Lipinski definition) is 5. The van der Waals surface area contributed by atoms with Crippen LogP contribution in [0.1, 0.15) is 18.4 Å². The summed E-state index contributed by atoms with van der Waals surface area (Å²) in [5.74, 6) is 0.263. The predicted molar refractivity (Wildman–Crippen MR) is 152 cm³/mol. The van der Waals surface area contributed by atoms with Crippen LogP contribution in [0.5, 0.6) is 5.75 Å². The minimum Gasteiger partial charge on any atom is -0.406 e. The number of halogens is 3. The van der Waals surface area contributed by atoms with Crippen molar-refractivity contribution in [3.05, 3.63) is 72.8 Å². The molecule has 42 heavy (non-hydrogen) atoms. The molecule has 11 nitrogen and oxygen atoms in total. The Morgan fingerprint density at radius 3 is 2.57 bits per heavy atom. The fraction of sp³-hybridized carbons (Fsp3) is 0.286. The number of fused-ring (bicyclic) bond motifs is 1. The lowest BCUT2D eigenvalue weighted by molar-refractivity contribution is -0.274. The molecule has 0 unspecified atom stereocenters. The van der Waals surface area contributed by atoms with Gasteiger partial charge in [0.15, 0.2) is 0 Å². The van der Waals surface area contributed by atoms with Crippen molar-refractivity contribution in [2.45, 2.75) is 25.7 Å². The zero-order valence-corrected chi connectivity index (χ0v) is 22.5. The van der Waals surface area contributed by atoms with Crippen LogP contribution in [0.15, 0.2) is 67.3 Å². The number of aromatic nitrogens is 6. The number of aromatic amines is 2. The highest BCUT2D eigenvalue weighted by atomic mass is 19.4. The molecule has 2 aromatic carbocycles. The van der Waals surface area contributed by atoms with Gasteiger partial charge in [0.25, 0.3) is 0 Å². The maximum Gasteiger partial charge on any atom is 0.573 e. The summed E-state index contributed by atoms with van der Waals surface area (Å²) >= 11 is 0. The molecule has 0 saturated carbocycles. The van der Waals surface area contributed by atoms with Crippen LogP contribution in [0.4, 0.5) is 30.4 Å². The van der Waals surface area contributed by atoms with Crippen LogP contribution >= 0.6 is 0 Å². The molecule has 5 aromatic rings. The number of benzene rings is 2. The van der Waals surface area contributed by atoms with Gasteiger partial charge in [-0.05, 0) is 60.8 Å². The number of nitrogens with zero attached hydrogens (tertiary/aromatic N) is 4. The first-order valence-electron chi connectivity index (χ1n) is 13.4. The molecule has 0 radical (unpaired) electrons. The van der Waals surface area contributed by atoms with E-state index >= 15 is 0 Å². The predicted octanol–water partition coefficient (Wildman–Crippen LogP) is 5.38. The van der Waals surface area contributed by atoms with E-state index in [0.29, 0.717) is 49.9 Å². The van der Waals surface area contributed by atoms with Crippen LogP contribution in [0, 0.1) is 0 Å². The number of nitrogens with one attached hydrogen (secondary N) is 5. The van der Waals surface area contributed by atoms with Crippen molar-refractivity contribution >= 4 is 28.1 Å². The molecule has 14 heteroatoms. The Kier molecular flexibility index (Phi) is 9.46. The zero-order chi connectivity index (χ0) is 29.2. The van der Waals surface area contributed by atoms with E-state index in [4.69, 9.17) is 4.74 Å². The summed E-state index contributed by atoms with van der Waals surface area (Å²) in [6, 6.07) is 12.1. The third kappa shape index (κ3) is 8.41. The van der Waals surface area contributed by atoms with Gasteiger partial charge < -0.3 is 25.4 Å². The smallest absolute Gasteiger partial charge is 0.406 e. The maximum atomic E-state index is 12.8. The largest absolute Gasteiger partial charge is 0.573 e. The quantitative estimate of drug-likeness (QED) is 0.103. The second kappa shape index (κ2) is 13.8. The van der Waals surface area contributed by atoms with Gasteiger partial charge in [0.1, 0.15) is 11.6 Å². The second-order valence-corrected chi connectivity index (χ2v) is 9.42. The SMILES string of the molecule is FC(F)(F)Oc1cc(CNCCCCOCCNc2cc(-c3ccnnc3)cc3[nH]ncc23)cc(Nc2ccn[nH]2)c1. The van der Waals surface area contributed by atoms with Gasteiger partial charge in [-0.25, -0.2) is 0 Å². The van der Waals surface area contributed by atoms with Crippen LogP contribution < -0.4 is 20.7 Å². The normalized spacial score (nSPS) is 11.6. The van der Waals surface area contributed by atoms with Crippen molar-refractivity contribution in [2.24, 2.45) is 0 Å². The van der Waals surface area contributed by atoms with Gasteiger partial charge in [-0.3, -0.25) is 10.2 Å². The van der Waals surface area contributed by atoms with Crippen LogP contribution in [-0.2, 0) is 11.3 Å². The Labute approximate surface area is 239 Å². The molecule has 0 aliphatic heterocycles. The van der Waals surface area contributed by atoms with Gasteiger partial charge in [0.2, 0.25) is 0 Å². The lowest BCUT2D eigenvalue weighted by Gasteiger charge is -2.14. The van der Waals surface area contributed by atoms with Crippen LogP contribution in [0.2, 0.25) is 0 Å². The van der Waals surface area contributed by atoms with Crippen molar-refractivity contribution in [1.82, 2.24) is 35.9 Å². The van der Waals surface area contributed by atoms with Crippen molar-refractivity contribution in [2.75, 3.05) is 36.9 Å². The number of rotatable bonds is 15. The van der Waals surface area contributed by atoms with E-state index in [1.807, 2.05) is 12.1 Å². The highest BCUT2D eigenvalue weighted by molar-refractivity contribution is 5.95. The lowest BCUT2D eigenvalue weighted by atomic mass is 10.1. The molecule has 0 saturated heterocycles. The summed E-state index contributed by atoms with van der Waals surface area (Å²) < 4.78 is 48.3. The number of anilines is 3. The second-order valence-electron chi connectivity index (χ2n) is 9.42. The van der Waals surface area contributed by atoms with E-state index in [1.165, 1.54) is 12.1 Å². The third-order valence-corrected chi connectivity index (χ3v) is 6.24. The highest BCUT2D eigenvalue weighted by Gasteiger charge is 2.31. The van der Waals surface area contributed by atoms with Crippen molar-refractivity contribution < 1.29 is 22.6 Å². The molecule has 5 rings (SSSR count). The molecule has 0 aliphatic carbocycles. The van der Waals surface area contributed by atoms with Crippen molar-refractivity contribution in [1.29, 1.82) is 0 Å². The van der Waals surface area contributed by atoms with Gasteiger partial charge >= 0.3 is 6.36 Å². The molecule has 0 aliphatic rings. The summed E-state index contributed by atoms with van der Waals surface area (Å²) in [5.41, 5.74) is 4.94. The van der Waals surface area contributed by atoms with E-state index in [1.54, 1.807) is 36.9 Å². The first kappa shape index (κ1) is 28.8. The first-order valence-corrected chi connectivity index (χ1v) is 13.4. The summed E-state index contributed by atoms with van der Waals surface area (Å²) in [7, 11) is 0. The molecule has 3 heterocycles. The van der Waals surface area contributed by atoms with Crippen LogP contribution in [0.25, 0.3) is 22.0 Å². The Hall–Kier alpha value is -4.69. The fourth-order valence-electron chi connectivity index (χ4n) is 4.38. The van der Waals surface area contributed by atoms with Gasteiger partial charge in [0.05, 0.1) is 36.9 Å². The summed E-state index contributed by atoms with van der Waals surface area (Å²) in [5, 5.41) is 32.2. The average molecular weight is 582 g/mol. The minimum absolute atomic E-state index is 0.291. The molecule has 0 fully saturated rings. The van der Waals surface area contributed by atoms with Gasteiger partial charge in [-0.2, -0.15) is 20.4 Å². The standard InChI is InChI=1S/C28H30F3N9O2/c29-28(30,31)42-23-12-19(11-22(15-23)38-27-4-7-35-40-27)16-32-5-1-2-9-41-10-8-33-25-13-21(20-3-6-34-36-17-20)14-26-24(25)18-37-39-26/h3-4,6-7,11-15,17-18,32-33H,1-2,5,8-10,16H2,(H,37,39)(H2,35,38,40). The molecular weight excluding hydrogens is 551 g/mol. The summed E-state index contributed by atoms with van der Waals surface area (Å²) in [6.45, 7) is 2.83.